The minimum Gasteiger partial charge on any atom is -0.388 e. The van der Waals surface area contributed by atoms with Crippen molar-refractivity contribution in [2.24, 2.45) is 0 Å². The molecule has 1 N–H and O–H groups in total. The van der Waals surface area contributed by atoms with Crippen LogP contribution in [0.2, 0.25) is 0 Å². The van der Waals surface area contributed by atoms with E-state index in [9.17, 15) is 9.90 Å². The molecule has 0 radical (unpaired) electrons. The average Bonchev–Trinajstić information content (AvgIpc) is 2.57. The summed E-state index contributed by atoms with van der Waals surface area (Å²) in [6.07, 6.45) is 1.35. The van der Waals surface area contributed by atoms with Crippen molar-refractivity contribution in [2.75, 3.05) is 46.3 Å². The van der Waals surface area contributed by atoms with Gasteiger partial charge in [0, 0.05) is 52.2 Å². The molecule has 24 heavy (non-hydrogen) atoms. The molecule has 0 aliphatic carbocycles. The number of hydrogen-bond acceptors (Lipinski definition) is 4. The number of benzene rings is 1. The molecular formula is C19H29N3O2. The quantitative estimate of drug-likeness (QED) is 0.908. The normalized spacial score (nSPS) is 25.6. The maximum absolute atomic E-state index is 11.5. The largest absolute Gasteiger partial charge is 0.388 e. The van der Waals surface area contributed by atoms with Gasteiger partial charge in [-0.25, -0.2) is 0 Å². The molecule has 2 aliphatic rings. The molecular weight excluding hydrogens is 302 g/mol. The molecule has 0 spiro atoms. The van der Waals surface area contributed by atoms with Crippen LogP contribution in [0.25, 0.3) is 0 Å². The number of nitrogens with zero attached hydrogens (tertiary/aromatic N) is 3. The molecule has 2 heterocycles. The van der Waals surface area contributed by atoms with E-state index < -0.39 is 5.60 Å². The van der Waals surface area contributed by atoms with Gasteiger partial charge in [-0.2, -0.15) is 0 Å². The number of amides is 1. The Hall–Kier alpha value is -1.43. The van der Waals surface area contributed by atoms with E-state index in [0.717, 1.165) is 19.6 Å². The van der Waals surface area contributed by atoms with Crippen molar-refractivity contribution in [2.45, 2.75) is 31.4 Å². The molecule has 1 unspecified atom stereocenters. The maximum atomic E-state index is 11.5. The van der Waals surface area contributed by atoms with Crippen LogP contribution in [0.15, 0.2) is 30.3 Å². The SMILES string of the molecule is CC(=O)N1CCC(O)(CN2CCN(C)C(c3ccccc3)C2)CC1. The van der Waals surface area contributed by atoms with Crippen LogP contribution in [-0.4, -0.2) is 77.6 Å². The predicted octanol–water partition coefficient (Wildman–Crippen LogP) is 1.35. The van der Waals surface area contributed by atoms with Gasteiger partial charge >= 0.3 is 0 Å². The third-order valence-electron chi connectivity index (χ3n) is 5.57. The molecule has 1 aromatic rings. The summed E-state index contributed by atoms with van der Waals surface area (Å²) in [5.74, 6) is 0.112. The summed E-state index contributed by atoms with van der Waals surface area (Å²) in [5.41, 5.74) is 0.673. The van der Waals surface area contributed by atoms with Gasteiger partial charge in [-0.05, 0) is 25.5 Å². The predicted molar refractivity (Wildman–Crippen MR) is 94.7 cm³/mol. The third kappa shape index (κ3) is 3.97. The molecule has 5 heteroatoms. The van der Waals surface area contributed by atoms with Crippen LogP contribution in [0.4, 0.5) is 0 Å². The van der Waals surface area contributed by atoms with Crippen LogP contribution in [-0.2, 0) is 4.79 Å². The summed E-state index contributed by atoms with van der Waals surface area (Å²) in [4.78, 5) is 18.1. The lowest BCUT2D eigenvalue weighted by molar-refractivity contribution is -0.134. The lowest BCUT2D eigenvalue weighted by Crippen LogP contribution is -2.55. The summed E-state index contributed by atoms with van der Waals surface area (Å²) < 4.78 is 0. The highest BCUT2D eigenvalue weighted by Gasteiger charge is 2.36. The molecule has 1 aromatic carbocycles. The number of piperazine rings is 1. The first-order chi connectivity index (χ1) is 11.5. The number of likely N-dealkylation sites (tertiary alicyclic amines) is 1. The highest BCUT2D eigenvalue weighted by atomic mass is 16.3. The smallest absolute Gasteiger partial charge is 0.219 e. The monoisotopic (exact) mass is 331 g/mol. The Morgan fingerprint density at radius 1 is 1.17 bits per heavy atom. The number of likely N-dealkylation sites (N-methyl/N-ethyl adjacent to an activating group) is 1. The van der Waals surface area contributed by atoms with Gasteiger partial charge in [0.25, 0.3) is 0 Å². The van der Waals surface area contributed by atoms with Crippen LogP contribution >= 0.6 is 0 Å². The van der Waals surface area contributed by atoms with E-state index in [2.05, 4.69) is 47.2 Å². The van der Waals surface area contributed by atoms with Crippen LogP contribution < -0.4 is 0 Å². The fraction of sp³-hybridized carbons (Fsp3) is 0.632. The van der Waals surface area contributed by atoms with Gasteiger partial charge in [0.2, 0.25) is 5.91 Å². The molecule has 0 bridgehead atoms. The van der Waals surface area contributed by atoms with E-state index in [1.165, 1.54) is 5.56 Å². The Labute approximate surface area is 144 Å². The second-order valence-electron chi connectivity index (χ2n) is 7.37. The molecule has 2 fully saturated rings. The van der Waals surface area contributed by atoms with Gasteiger partial charge in [0.05, 0.1) is 5.60 Å². The molecule has 1 amide bonds. The fourth-order valence-electron chi connectivity index (χ4n) is 3.92. The van der Waals surface area contributed by atoms with Crippen molar-refractivity contribution in [3.63, 3.8) is 0 Å². The Balaban J connectivity index is 1.60. The Morgan fingerprint density at radius 3 is 2.46 bits per heavy atom. The van der Waals surface area contributed by atoms with E-state index in [1.54, 1.807) is 6.92 Å². The minimum absolute atomic E-state index is 0.112. The first-order valence-corrected chi connectivity index (χ1v) is 8.92. The topological polar surface area (TPSA) is 47.0 Å². The van der Waals surface area contributed by atoms with Crippen molar-refractivity contribution in [1.29, 1.82) is 0 Å². The zero-order valence-electron chi connectivity index (χ0n) is 14.8. The number of β-amino-alcohol motifs (C(OH)–C–C–N with tert-alkyl or cyclic N) is 1. The summed E-state index contributed by atoms with van der Waals surface area (Å²) in [6.45, 7) is 6.58. The Kier molecular flexibility index (Phi) is 5.23. The molecule has 0 aromatic heterocycles. The van der Waals surface area contributed by atoms with Crippen LogP contribution in [0.5, 0.6) is 0 Å². The zero-order valence-corrected chi connectivity index (χ0v) is 14.8. The molecule has 2 saturated heterocycles. The first-order valence-electron chi connectivity index (χ1n) is 8.92. The van der Waals surface area contributed by atoms with Gasteiger partial charge in [0.15, 0.2) is 0 Å². The highest BCUT2D eigenvalue weighted by Crippen LogP contribution is 2.28. The van der Waals surface area contributed by atoms with Gasteiger partial charge in [-0.15, -0.1) is 0 Å². The summed E-state index contributed by atoms with van der Waals surface area (Å²) in [5, 5.41) is 11.0. The first kappa shape index (κ1) is 17.4. The van der Waals surface area contributed by atoms with Crippen molar-refractivity contribution < 1.29 is 9.90 Å². The van der Waals surface area contributed by atoms with Crippen LogP contribution in [0, 0.1) is 0 Å². The van der Waals surface area contributed by atoms with Gasteiger partial charge in [-0.3, -0.25) is 14.6 Å². The second-order valence-corrected chi connectivity index (χ2v) is 7.37. The summed E-state index contributed by atoms with van der Waals surface area (Å²) in [7, 11) is 2.18. The molecule has 0 saturated carbocycles. The molecule has 132 valence electrons. The number of hydrogen-bond donors (Lipinski definition) is 1. The number of piperidine rings is 1. The molecule has 2 aliphatic heterocycles. The van der Waals surface area contributed by atoms with E-state index in [1.807, 2.05) is 4.90 Å². The van der Waals surface area contributed by atoms with E-state index in [-0.39, 0.29) is 5.91 Å². The molecule has 1 atom stereocenters. The Bertz CT molecular complexity index is 555. The van der Waals surface area contributed by atoms with Gasteiger partial charge in [0.1, 0.15) is 0 Å². The second kappa shape index (κ2) is 7.21. The molecule has 3 rings (SSSR count). The number of carbonyl (C=O) groups is 1. The van der Waals surface area contributed by atoms with Gasteiger partial charge in [-0.1, -0.05) is 30.3 Å². The summed E-state index contributed by atoms with van der Waals surface area (Å²) >= 11 is 0. The van der Waals surface area contributed by atoms with Crippen LogP contribution in [0.3, 0.4) is 0 Å². The third-order valence-corrected chi connectivity index (χ3v) is 5.57. The average molecular weight is 331 g/mol. The minimum atomic E-state index is -0.664. The lowest BCUT2D eigenvalue weighted by Gasteiger charge is -2.45. The van der Waals surface area contributed by atoms with E-state index in [0.29, 0.717) is 38.5 Å². The highest BCUT2D eigenvalue weighted by molar-refractivity contribution is 5.73. The van der Waals surface area contributed by atoms with Gasteiger partial charge < -0.3 is 10.0 Å². The number of carbonyl (C=O) groups excluding carboxylic acids is 1. The zero-order chi connectivity index (χ0) is 17.2. The van der Waals surface area contributed by atoms with E-state index >= 15 is 0 Å². The maximum Gasteiger partial charge on any atom is 0.219 e. The van der Waals surface area contributed by atoms with Crippen molar-refractivity contribution >= 4 is 5.91 Å². The number of aliphatic hydroxyl groups is 1. The molecule has 5 nitrogen and oxygen atoms in total. The van der Waals surface area contributed by atoms with Crippen molar-refractivity contribution in [1.82, 2.24) is 14.7 Å². The van der Waals surface area contributed by atoms with Crippen LogP contribution in [0.1, 0.15) is 31.4 Å². The summed E-state index contributed by atoms with van der Waals surface area (Å²) in [6, 6.07) is 11.0. The number of rotatable bonds is 3. The lowest BCUT2D eigenvalue weighted by atomic mass is 9.90. The van der Waals surface area contributed by atoms with Crippen molar-refractivity contribution in [3.8, 4) is 0 Å². The fourth-order valence-corrected chi connectivity index (χ4v) is 3.92. The standard InChI is InChI=1S/C19H29N3O2/c1-16(23)22-10-8-19(24,9-11-22)15-21-13-12-20(2)18(14-21)17-6-4-3-5-7-17/h3-7,18,24H,8-15H2,1-2H3. The van der Waals surface area contributed by atoms with E-state index in [4.69, 9.17) is 0 Å². The Morgan fingerprint density at radius 2 is 1.83 bits per heavy atom. The van der Waals surface area contributed by atoms with Crippen molar-refractivity contribution in [3.05, 3.63) is 35.9 Å².